The summed E-state index contributed by atoms with van der Waals surface area (Å²) >= 11 is 0. The van der Waals surface area contributed by atoms with Crippen LogP contribution in [0.15, 0.2) is 78.9 Å². The molecule has 3 rings (SSSR count). The molecule has 0 aliphatic heterocycles. The molecule has 144 valence electrons. The average Bonchev–Trinajstić information content (AvgIpc) is 2.74. The summed E-state index contributed by atoms with van der Waals surface area (Å²) in [5.74, 6) is 1.18. The van der Waals surface area contributed by atoms with Crippen molar-refractivity contribution in [1.82, 2.24) is 0 Å². The summed E-state index contributed by atoms with van der Waals surface area (Å²) in [6.07, 6.45) is 1.95. The van der Waals surface area contributed by atoms with Crippen LogP contribution in [0.1, 0.15) is 29.3 Å². The molecule has 0 aliphatic rings. The van der Waals surface area contributed by atoms with E-state index >= 15 is 0 Å². The minimum atomic E-state index is -0.194. The van der Waals surface area contributed by atoms with Gasteiger partial charge in [0.05, 0.1) is 18.8 Å². The molecule has 0 radical (unpaired) electrons. The highest BCUT2D eigenvalue weighted by atomic mass is 16.5. The first-order valence-corrected chi connectivity index (χ1v) is 9.56. The molecule has 0 spiro atoms. The molecule has 0 aliphatic carbocycles. The van der Waals surface area contributed by atoms with Crippen LogP contribution in [0.3, 0.4) is 0 Å². The SMILES string of the molecule is CCOc1ccccc1C(=O)Nc1ccc(OCCCc2ccccc2)cc1. The molecule has 0 saturated carbocycles. The number of anilines is 1. The summed E-state index contributed by atoms with van der Waals surface area (Å²) in [6, 6.07) is 25.0. The molecule has 0 heterocycles. The lowest BCUT2D eigenvalue weighted by Gasteiger charge is -2.11. The number of hydrogen-bond donors (Lipinski definition) is 1. The molecule has 0 atom stereocenters. The zero-order chi connectivity index (χ0) is 19.6. The molecule has 3 aromatic carbocycles. The van der Waals surface area contributed by atoms with Crippen molar-refractivity contribution in [2.45, 2.75) is 19.8 Å². The van der Waals surface area contributed by atoms with Gasteiger partial charge in [-0.2, -0.15) is 0 Å². The molecule has 0 aromatic heterocycles. The quantitative estimate of drug-likeness (QED) is 0.513. The van der Waals surface area contributed by atoms with Crippen LogP contribution in [-0.2, 0) is 6.42 Å². The Morgan fingerprint density at radius 3 is 2.32 bits per heavy atom. The van der Waals surface area contributed by atoms with E-state index in [2.05, 4.69) is 29.6 Å². The minimum Gasteiger partial charge on any atom is -0.494 e. The van der Waals surface area contributed by atoms with Crippen molar-refractivity contribution in [3.05, 3.63) is 90.0 Å². The highest BCUT2D eigenvalue weighted by Gasteiger charge is 2.12. The van der Waals surface area contributed by atoms with E-state index < -0.39 is 0 Å². The number of para-hydroxylation sites is 1. The number of benzene rings is 3. The molecule has 1 amide bonds. The summed E-state index contributed by atoms with van der Waals surface area (Å²) in [5.41, 5.74) is 2.55. The van der Waals surface area contributed by atoms with Crippen LogP contribution in [0.2, 0.25) is 0 Å². The molecule has 3 aromatic rings. The highest BCUT2D eigenvalue weighted by Crippen LogP contribution is 2.21. The second kappa shape index (κ2) is 10.2. The Bertz CT molecular complexity index is 876. The van der Waals surface area contributed by atoms with Crippen LogP contribution in [0, 0.1) is 0 Å². The molecular weight excluding hydrogens is 350 g/mol. The fourth-order valence-corrected chi connectivity index (χ4v) is 2.88. The topological polar surface area (TPSA) is 47.6 Å². The van der Waals surface area contributed by atoms with E-state index in [9.17, 15) is 4.79 Å². The van der Waals surface area contributed by atoms with E-state index in [0.29, 0.717) is 30.2 Å². The van der Waals surface area contributed by atoms with Gasteiger partial charge in [0.25, 0.3) is 5.91 Å². The van der Waals surface area contributed by atoms with Crippen molar-refractivity contribution < 1.29 is 14.3 Å². The smallest absolute Gasteiger partial charge is 0.259 e. The lowest BCUT2D eigenvalue weighted by molar-refractivity contribution is 0.102. The normalized spacial score (nSPS) is 10.3. The van der Waals surface area contributed by atoms with Crippen molar-refractivity contribution in [2.24, 2.45) is 0 Å². The standard InChI is InChI=1S/C24H25NO3/c1-2-27-23-13-7-6-12-22(23)24(26)25-20-14-16-21(17-15-20)28-18-8-11-19-9-4-3-5-10-19/h3-7,9-10,12-17H,2,8,11,18H2,1H3,(H,25,26). The Hall–Kier alpha value is -3.27. The first-order valence-electron chi connectivity index (χ1n) is 9.56. The Kier molecular flexibility index (Phi) is 7.08. The van der Waals surface area contributed by atoms with Crippen LogP contribution in [0.5, 0.6) is 11.5 Å². The molecule has 4 heteroatoms. The zero-order valence-corrected chi connectivity index (χ0v) is 16.1. The Morgan fingerprint density at radius 2 is 1.57 bits per heavy atom. The molecule has 0 bridgehead atoms. The van der Waals surface area contributed by atoms with Crippen molar-refractivity contribution in [3.63, 3.8) is 0 Å². The first kappa shape index (κ1) is 19.5. The number of aryl methyl sites for hydroxylation is 1. The van der Waals surface area contributed by atoms with Crippen LogP contribution >= 0.6 is 0 Å². The van der Waals surface area contributed by atoms with Crippen molar-refractivity contribution in [2.75, 3.05) is 18.5 Å². The van der Waals surface area contributed by atoms with Crippen LogP contribution in [-0.4, -0.2) is 19.1 Å². The van der Waals surface area contributed by atoms with E-state index in [4.69, 9.17) is 9.47 Å². The second-order valence-electron chi connectivity index (χ2n) is 6.35. The summed E-state index contributed by atoms with van der Waals surface area (Å²) < 4.78 is 11.3. The van der Waals surface area contributed by atoms with Gasteiger partial charge in [0.2, 0.25) is 0 Å². The van der Waals surface area contributed by atoms with Gasteiger partial charge in [-0.3, -0.25) is 4.79 Å². The zero-order valence-electron chi connectivity index (χ0n) is 16.1. The Balaban J connectivity index is 1.49. The Labute approximate surface area is 166 Å². The van der Waals surface area contributed by atoms with Gasteiger partial charge < -0.3 is 14.8 Å². The maximum absolute atomic E-state index is 12.5. The number of carbonyl (C=O) groups is 1. The van der Waals surface area contributed by atoms with Gasteiger partial charge in [0, 0.05) is 5.69 Å². The van der Waals surface area contributed by atoms with Crippen molar-refractivity contribution >= 4 is 11.6 Å². The second-order valence-corrected chi connectivity index (χ2v) is 6.35. The molecule has 0 unspecified atom stereocenters. The molecule has 0 fully saturated rings. The van der Waals surface area contributed by atoms with Crippen molar-refractivity contribution in [3.8, 4) is 11.5 Å². The molecule has 28 heavy (non-hydrogen) atoms. The summed E-state index contributed by atoms with van der Waals surface area (Å²) in [6.45, 7) is 3.07. The van der Waals surface area contributed by atoms with Gasteiger partial charge in [0.1, 0.15) is 11.5 Å². The summed E-state index contributed by atoms with van der Waals surface area (Å²) in [7, 11) is 0. The minimum absolute atomic E-state index is 0.194. The van der Waals surface area contributed by atoms with E-state index in [1.54, 1.807) is 12.1 Å². The van der Waals surface area contributed by atoms with E-state index in [-0.39, 0.29) is 5.91 Å². The maximum atomic E-state index is 12.5. The molecule has 1 N–H and O–H groups in total. The number of amides is 1. The lowest BCUT2D eigenvalue weighted by Crippen LogP contribution is -2.13. The van der Waals surface area contributed by atoms with Gasteiger partial charge >= 0.3 is 0 Å². The lowest BCUT2D eigenvalue weighted by atomic mass is 10.1. The Morgan fingerprint density at radius 1 is 0.857 bits per heavy atom. The summed E-state index contributed by atoms with van der Waals surface area (Å²) in [5, 5.41) is 2.90. The number of rotatable bonds is 9. The molecule has 0 saturated heterocycles. The van der Waals surface area contributed by atoms with Crippen molar-refractivity contribution in [1.29, 1.82) is 0 Å². The van der Waals surface area contributed by atoms with Gasteiger partial charge in [-0.05, 0) is 61.7 Å². The fraction of sp³-hybridized carbons (Fsp3) is 0.208. The van der Waals surface area contributed by atoms with Gasteiger partial charge in [-0.1, -0.05) is 42.5 Å². The number of hydrogen-bond acceptors (Lipinski definition) is 3. The van der Waals surface area contributed by atoms with E-state index in [1.165, 1.54) is 5.56 Å². The monoisotopic (exact) mass is 375 g/mol. The van der Waals surface area contributed by atoms with Crippen LogP contribution < -0.4 is 14.8 Å². The van der Waals surface area contributed by atoms with E-state index in [0.717, 1.165) is 18.6 Å². The third kappa shape index (κ3) is 5.61. The first-order chi connectivity index (χ1) is 13.8. The van der Waals surface area contributed by atoms with E-state index in [1.807, 2.05) is 49.4 Å². The van der Waals surface area contributed by atoms with Crippen LogP contribution in [0.4, 0.5) is 5.69 Å². The summed E-state index contributed by atoms with van der Waals surface area (Å²) in [4.78, 5) is 12.5. The van der Waals surface area contributed by atoms with Crippen LogP contribution in [0.25, 0.3) is 0 Å². The third-order valence-electron chi connectivity index (χ3n) is 4.27. The predicted octanol–water partition coefficient (Wildman–Crippen LogP) is 5.35. The van der Waals surface area contributed by atoms with Gasteiger partial charge in [-0.15, -0.1) is 0 Å². The predicted molar refractivity (Wildman–Crippen MR) is 112 cm³/mol. The number of carbonyl (C=O) groups excluding carboxylic acids is 1. The van der Waals surface area contributed by atoms with Gasteiger partial charge in [-0.25, -0.2) is 0 Å². The number of ether oxygens (including phenoxy) is 2. The fourth-order valence-electron chi connectivity index (χ4n) is 2.88. The number of nitrogens with one attached hydrogen (secondary N) is 1. The maximum Gasteiger partial charge on any atom is 0.259 e. The largest absolute Gasteiger partial charge is 0.494 e. The molecular formula is C24H25NO3. The van der Waals surface area contributed by atoms with Gasteiger partial charge in [0.15, 0.2) is 0 Å². The average molecular weight is 375 g/mol. The third-order valence-corrected chi connectivity index (χ3v) is 4.27. The highest BCUT2D eigenvalue weighted by molar-refractivity contribution is 6.06. The molecule has 4 nitrogen and oxygen atoms in total.